The highest BCUT2D eigenvalue weighted by Crippen LogP contribution is 2.18. The third kappa shape index (κ3) is 10.8. The van der Waals surface area contributed by atoms with E-state index in [2.05, 4.69) is 5.32 Å². The third-order valence-corrected chi connectivity index (χ3v) is 2.64. The summed E-state index contributed by atoms with van der Waals surface area (Å²) in [7, 11) is 1.64. The van der Waals surface area contributed by atoms with E-state index in [1.807, 2.05) is 0 Å². The minimum atomic E-state index is -4.11. The van der Waals surface area contributed by atoms with E-state index in [9.17, 15) is 13.2 Å². The molecular formula is C12H25F3N2O. The Bertz CT molecular complexity index is 198. The number of nitrogens with one attached hydrogen (secondary N) is 1. The van der Waals surface area contributed by atoms with Crippen molar-refractivity contribution >= 4 is 0 Å². The fraction of sp³-hybridized carbons (Fsp3) is 1.00. The summed E-state index contributed by atoms with van der Waals surface area (Å²) in [6.45, 7) is 5.52. The van der Waals surface area contributed by atoms with E-state index in [1.165, 1.54) is 4.90 Å². The van der Waals surface area contributed by atoms with Gasteiger partial charge in [0.1, 0.15) is 0 Å². The minimum absolute atomic E-state index is 0.0759. The SMILES string of the molecule is COCCNCCCCN(CC(F)(F)F)C(C)C. The maximum atomic E-state index is 12.3. The zero-order valence-corrected chi connectivity index (χ0v) is 11.5. The van der Waals surface area contributed by atoms with Gasteiger partial charge in [0.15, 0.2) is 0 Å². The Morgan fingerprint density at radius 1 is 1.17 bits per heavy atom. The van der Waals surface area contributed by atoms with Crippen molar-refractivity contribution in [3.63, 3.8) is 0 Å². The van der Waals surface area contributed by atoms with Crippen LogP contribution in [-0.4, -0.2) is 57.0 Å². The lowest BCUT2D eigenvalue weighted by Gasteiger charge is -2.27. The van der Waals surface area contributed by atoms with E-state index in [1.54, 1.807) is 21.0 Å². The topological polar surface area (TPSA) is 24.5 Å². The molecule has 0 spiro atoms. The van der Waals surface area contributed by atoms with Crippen molar-refractivity contribution < 1.29 is 17.9 Å². The summed E-state index contributed by atoms with van der Waals surface area (Å²) in [5.74, 6) is 0. The van der Waals surface area contributed by atoms with Gasteiger partial charge in [0.05, 0.1) is 13.2 Å². The zero-order valence-electron chi connectivity index (χ0n) is 11.5. The second-order valence-corrected chi connectivity index (χ2v) is 4.63. The first-order valence-electron chi connectivity index (χ1n) is 6.37. The number of hydrogen-bond acceptors (Lipinski definition) is 3. The number of unbranched alkanes of at least 4 members (excludes halogenated alkanes) is 1. The summed E-state index contributed by atoms with van der Waals surface area (Å²) < 4.78 is 41.8. The van der Waals surface area contributed by atoms with E-state index in [-0.39, 0.29) is 6.04 Å². The molecule has 0 aromatic carbocycles. The first-order valence-corrected chi connectivity index (χ1v) is 6.37. The lowest BCUT2D eigenvalue weighted by atomic mass is 10.2. The molecule has 0 radical (unpaired) electrons. The number of nitrogens with zero attached hydrogens (tertiary/aromatic N) is 1. The maximum Gasteiger partial charge on any atom is 0.401 e. The molecule has 0 saturated carbocycles. The van der Waals surface area contributed by atoms with Crippen LogP contribution in [0.3, 0.4) is 0 Å². The highest BCUT2D eigenvalue weighted by atomic mass is 19.4. The van der Waals surface area contributed by atoms with Gasteiger partial charge in [-0.1, -0.05) is 0 Å². The highest BCUT2D eigenvalue weighted by Gasteiger charge is 2.31. The second-order valence-electron chi connectivity index (χ2n) is 4.63. The molecule has 3 nitrogen and oxygen atoms in total. The van der Waals surface area contributed by atoms with Gasteiger partial charge >= 0.3 is 6.18 Å². The van der Waals surface area contributed by atoms with Crippen LogP contribution in [0, 0.1) is 0 Å². The fourth-order valence-corrected chi connectivity index (χ4v) is 1.61. The van der Waals surface area contributed by atoms with Crippen molar-refractivity contribution in [2.75, 3.05) is 39.9 Å². The molecule has 1 N–H and O–H groups in total. The van der Waals surface area contributed by atoms with Crippen molar-refractivity contribution in [1.82, 2.24) is 10.2 Å². The summed E-state index contributed by atoms with van der Waals surface area (Å²) in [5, 5.41) is 3.17. The van der Waals surface area contributed by atoms with Gasteiger partial charge in [0, 0.05) is 19.7 Å². The van der Waals surface area contributed by atoms with Crippen molar-refractivity contribution in [1.29, 1.82) is 0 Å². The van der Waals surface area contributed by atoms with Crippen LogP contribution in [0.5, 0.6) is 0 Å². The van der Waals surface area contributed by atoms with Crippen LogP contribution < -0.4 is 5.32 Å². The van der Waals surface area contributed by atoms with Crippen LogP contribution in [0.2, 0.25) is 0 Å². The van der Waals surface area contributed by atoms with Crippen molar-refractivity contribution in [2.24, 2.45) is 0 Å². The Kier molecular flexibility index (Phi) is 9.40. The summed E-state index contributed by atoms with van der Waals surface area (Å²) in [6, 6.07) is -0.0759. The van der Waals surface area contributed by atoms with Crippen LogP contribution in [-0.2, 0) is 4.74 Å². The Morgan fingerprint density at radius 2 is 1.83 bits per heavy atom. The first-order chi connectivity index (χ1) is 8.37. The van der Waals surface area contributed by atoms with Gasteiger partial charge in [-0.05, 0) is 39.8 Å². The Labute approximate surface area is 108 Å². The molecule has 0 saturated heterocycles. The molecule has 0 aromatic heterocycles. The van der Waals surface area contributed by atoms with Crippen LogP contribution in [0.15, 0.2) is 0 Å². The molecule has 0 aliphatic carbocycles. The Hall–Kier alpha value is -0.330. The lowest BCUT2D eigenvalue weighted by Crippen LogP contribution is -2.39. The number of ether oxygens (including phenoxy) is 1. The van der Waals surface area contributed by atoms with Gasteiger partial charge in [-0.15, -0.1) is 0 Å². The molecule has 0 rings (SSSR count). The zero-order chi connectivity index (χ0) is 14.0. The van der Waals surface area contributed by atoms with E-state index in [0.29, 0.717) is 13.2 Å². The average Bonchev–Trinajstić information content (AvgIpc) is 2.24. The van der Waals surface area contributed by atoms with E-state index >= 15 is 0 Å². The summed E-state index contributed by atoms with van der Waals surface area (Å²) in [6.07, 6.45) is -2.46. The van der Waals surface area contributed by atoms with E-state index in [0.717, 1.165) is 25.9 Å². The molecule has 0 atom stereocenters. The van der Waals surface area contributed by atoms with Gasteiger partial charge in [-0.2, -0.15) is 13.2 Å². The molecule has 0 unspecified atom stereocenters. The van der Waals surface area contributed by atoms with Crippen molar-refractivity contribution in [3.05, 3.63) is 0 Å². The second kappa shape index (κ2) is 9.58. The van der Waals surface area contributed by atoms with Crippen molar-refractivity contribution in [2.45, 2.75) is 38.9 Å². The largest absolute Gasteiger partial charge is 0.401 e. The third-order valence-electron chi connectivity index (χ3n) is 2.64. The van der Waals surface area contributed by atoms with Crippen molar-refractivity contribution in [3.8, 4) is 0 Å². The van der Waals surface area contributed by atoms with Crippen LogP contribution >= 0.6 is 0 Å². The lowest BCUT2D eigenvalue weighted by molar-refractivity contribution is -0.149. The summed E-state index contributed by atoms with van der Waals surface area (Å²) >= 11 is 0. The number of rotatable bonds is 10. The summed E-state index contributed by atoms with van der Waals surface area (Å²) in [5.41, 5.74) is 0. The molecule has 0 aliphatic rings. The molecule has 0 heterocycles. The van der Waals surface area contributed by atoms with Crippen LogP contribution in [0.1, 0.15) is 26.7 Å². The molecule has 110 valence electrons. The van der Waals surface area contributed by atoms with Gasteiger partial charge in [-0.3, -0.25) is 4.90 Å². The molecule has 0 aromatic rings. The van der Waals surface area contributed by atoms with Gasteiger partial charge in [-0.25, -0.2) is 0 Å². The monoisotopic (exact) mass is 270 g/mol. The first kappa shape index (κ1) is 17.7. The quantitative estimate of drug-likeness (QED) is 0.616. The smallest absolute Gasteiger partial charge is 0.383 e. The highest BCUT2D eigenvalue weighted by molar-refractivity contribution is 4.67. The predicted octanol–water partition coefficient (Wildman–Crippen LogP) is 2.28. The van der Waals surface area contributed by atoms with Gasteiger partial charge in [0.25, 0.3) is 0 Å². The molecule has 0 fully saturated rings. The van der Waals surface area contributed by atoms with Crippen LogP contribution in [0.4, 0.5) is 13.2 Å². The number of alkyl halides is 3. The number of methoxy groups -OCH3 is 1. The normalized spacial score (nSPS) is 12.7. The molecular weight excluding hydrogens is 245 g/mol. The maximum absolute atomic E-state index is 12.3. The molecule has 0 bridgehead atoms. The van der Waals surface area contributed by atoms with E-state index in [4.69, 9.17) is 4.74 Å². The molecule has 6 heteroatoms. The molecule has 18 heavy (non-hydrogen) atoms. The average molecular weight is 270 g/mol. The molecule has 0 amide bonds. The number of halogens is 3. The predicted molar refractivity (Wildman–Crippen MR) is 66.7 cm³/mol. The van der Waals surface area contributed by atoms with E-state index < -0.39 is 12.7 Å². The Balaban J connectivity index is 3.65. The molecule has 0 aliphatic heterocycles. The van der Waals surface area contributed by atoms with Crippen LogP contribution in [0.25, 0.3) is 0 Å². The minimum Gasteiger partial charge on any atom is -0.383 e. The number of hydrogen-bond donors (Lipinski definition) is 1. The van der Waals surface area contributed by atoms with Gasteiger partial charge in [0.2, 0.25) is 0 Å². The van der Waals surface area contributed by atoms with Gasteiger partial charge < -0.3 is 10.1 Å². The Morgan fingerprint density at radius 3 is 2.33 bits per heavy atom. The standard InChI is InChI=1S/C12H25F3N2O/c1-11(2)17(10-12(13,14)15)8-5-4-6-16-7-9-18-3/h11,16H,4-10H2,1-3H3. The summed E-state index contributed by atoms with van der Waals surface area (Å²) in [4.78, 5) is 1.47. The fourth-order valence-electron chi connectivity index (χ4n) is 1.61.